The fourth-order valence-electron chi connectivity index (χ4n) is 1.26. The molecule has 0 aliphatic carbocycles. The molecule has 0 spiro atoms. The van der Waals surface area contributed by atoms with Gasteiger partial charge in [0.15, 0.2) is 0 Å². The molecule has 1 aromatic rings. The normalized spacial score (nSPS) is 11.3. The van der Waals surface area contributed by atoms with Crippen molar-refractivity contribution in [1.82, 2.24) is 4.72 Å². The third-order valence-electron chi connectivity index (χ3n) is 2.31. The van der Waals surface area contributed by atoms with E-state index in [0.717, 1.165) is 12.1 Å². The lowest BCUT2D eigenvalue weighted by Crippen LogP contribution is -2.28. The molecule has 9 heteroatoms. The van der Waals surface area contributed by atoms with Gasteiger partial charge in [0, 0.05) is 11.6 Å². The summed E-state index contributed by atoms with van der Waals surface area (Å²) in [5.74, 6) is -0.378. The van der Waals surface area contributed by atoms with E-state index >= 15 is 0 Å². The summed E-state index contributed by atoms with van der Waals surface area (Å²) in [4.78, 5) is 20.5. The van der Waals surface area contributed by atoms with Crippen LogP contribution in [0.5, 0.6) is 0 Å². The topological polar surface area (TPSA) is 106 Å². The fourth-order valence-corrected chi connectivity index (χ4v) is 2.64. The van der Waals surface area contributed by atoms with Crippen LogP contribution in [0.4, 0.5) is 5.69 Å². The number of Topliss-reactive ketones (excluding diaryl/α,β-unsaturated/α-hetero) is 1. The molecule has 0 saturated carbocycles. The van der Waals surface area contributed by atoms with E-state index in [2.05, 4.69) is 0 Å². The van der Waals surface area contributed by atoms with E-state index in [0.29, 0.717) is 0 Å². The Balaban J connectivity index is 3.28. The number of nitro benzene ring substituents is 1. The zero-order chi connectivity index (χ0) is 14.8. The van der Waals surface area contributed by atoms with Crippen LogP contribution in [0.15, 0.2) is 17.0 Å². The molecule has 0 fully saturated rings. The lowest BCUT2D eigenvalue weighted by Gasteiger charge is -2.07. The molecular weight excluding hydrogens is 296 g/mol. The van der Waals surface area contributed by atoms with Crippen molar-refractivity contribution < 1.29 is 18.1 Å². The van der Waals surface area contributed by atoms with Crippen LogP contribution in [0.2, 0.25) is 5.02 Å². The van der Waals surface area contributed by atoms with Gasteiger partial charge in [-0.3, -0.25) is 14.9 Å². The first kappa shape index (κ1) is 15.5. The van der Waals surface area contributed by atoms with Crippen LogP contribution in [-0.2, 0) is 14.8 Å². The van der Waals surface area contributed by atoms with Gasteiger partial charge in [0.2, 0.25) is 10.0 Å². The molecule has 19 heavy (non-hydrogen) atoms. The molecule has 0 heterocycles. The summed E-state index contributed by atoms with van der Waals surface area (Å²) in [7, 11) is -4.01. The highest BCUT2D eigenvalue weighted by molar-refractivity contribution is 7.89. The molecule has 0 atom stereocenters. The number of ketones is 1. The molecule has 1 rings (SSSR count). The van der Waals surface area contributed by atoms with Gasteiger partial charge in [-0.2, -0.15) is 0 Å². The maximum absolute atomic E-state index is 11.8. The van der Waals surface area contributed by atoms with Crippen LogP contribution in [0, 0.1) is 17.0 Å². The first-order valence-corrected chi connectivity index (χ1v) is 6.95. The quantitative estimate of drug-likeness (QED) is 0.654. The Morgan fingerprint density at radius 3 is 2.53 bits per heavy atom. The molecule has 7 nitrogen and oxygen atoms in total. The molecule has 0 unspecified atom stereocenters. The average Bonchev–Trinajstić information content (AvgIpc) is 2.29. The second-order valence-electron chi connectivity index (χ2n) is 3.83. The van der Waals surface area contributed by atoms with Gasteiger partial charge in [0.1, 0.15) is 5.78 Å². The van der Waals surface area contributed by atoms with Gasteiger partial charge in [-0.1, -0.05) is 11.6 Å². The minimum absolute atomic E-state index is 0.0302. The Bertz CT molecular complexity index is 642. The lowest BCUT2D eigenvalue weighted by molar-refractivity contribution is -0.385. The molecule has 0 amide bonds. The number of rotatable bonds is 5. The minimum atomic E-state index is -4.01. The largest absolute Gasteiger partial charge is 0.299 e. The van der Waals surface area contributed by atoms with Crippen LogP contribution < -0.4 is 4.72 Å². The highest BCUT2D eigenvalue weighted by atomic mass is 35.5. The lowest BCUT2D eigenvalue weighted by atomic mass is 10.2. The molecule has 0 saturated heterocycles. The number of carbonyl (C=O) groups excluding carboxylic acids is 1. The maximum atomic E-state index is 11.8. The smallest absolute Gasteiger partial charge is 0.275 e. The molecule has 0 aromatic heterocycles. The van der Waals surface area contributed by atoms with Crippen molar-refractivity contribution in [1.29, 1.82) is 0 Å². The van der Waals surface area contributed by atoms with E-state index in [-0.39, 0.29) is 27.8 Å². The van der Waals surface area contributed by atoms with E-state index in [1.165, 1.54) is 13.8 Å². The Morgan fingerprint density at radius 1 is 1.47 bits per heavy atom. The molecule has 0 aliphatic heterocycles. The monoisotopic (exact) mass is 306 g/mol. The van der Waals surface area contributed by atoms with Crippen molar-refractivity contribution in [2.45, 2.75) is 18.7 Å². The summed E-state index contributed by atoms with van der Waals surface area (Å²) in [6.07, 6.45) is 0. The fraction of sp³-hybridized carbons (Fsp3) is 0.300. The third kappa shape index (κ3) is 3.72. The number of benzene rings is 1. The maximum Gasteiger partial charge on any atom is 0.275 e. The standard InChI is InChI=1S/C10H11ClN2O5S/c1-6(14)5-12-19(17,18)8-3-9(11)7(2)10(4-8)13(15)16/h3-4,12H,5H2,1-2H3. The van der Waals surface area contributed by atoms with Gasteiger partial charge >= 0.3 is 0 Å². The molecule has 104 valence electrons. The second kappa shape index (κ2) is 5.64. The van der Waals surface area contributed by atoms with Gasteiger partial charge in [-0.15, -0.1) is 0 Å². The van der Waals surface area contributed by atoms with Gasteiger partial charge in [-0.05, 0) is 19.9 Å². The van der Waals surface area contributed by atoms with Crippen molar-refractivity contribution in [2.24, 2.45) is 0 Å². The summed E-state index contributed by atoms with van der Waals surface area (Å²) in [6, 6.07) is 2.01. The van der Waals surface area contributed by atoms with E-state index in [9.17, 15) is 23.3 Å². The van der Waals surface area contributed by atoms with Crippen LogP contribution >= 0.6 is 11.6 Å². The summed E-state index contributed by atoms with van der Waals surface area (Å²) in [5.41, 5.74) is -0.215. The van der Waals surface area contributed by atoms with Crippen LogP contribution in [0.1, 0.15) is 12.5 Å². The van der Waals surface area contributed by atoms with Crippen molar-refractivity contribution in [3.05, 3.63) is 32.8 Å². The molecule has 0 bridgehead atoms. The number of halogens is 1. The van der Waals surface area contributed by atoms with Gasteiger partial charge < -0.3 is 0 Å². The first-order valence-electron chi connectivity index (χ1n) is 5.09. The number of hydrogen-bond donors (Lipinski definition) is 1. The highest BCUT2D eigenvalue weighted by Crippen LogP contribution is 2.29. The predicted octanol–water partition coefficient (Wildman–Crippen LogP) is 1.42. The molecule has 1 N–H and O–H groups in total. The zero-order valence-corrected chi connectivity index (χ0v) is 11.7. The highest BCUT2D eigenvalue weighted by Gasteiger charge is 2.22. The van der Waals surface area contributed by atoms with Crippen LogP contribution in [0.25, 0.3) is 0 Å². The Hall–Kier alpha value is -1.51. The summed E-state index contributed by atoms with van der Waals surface area (Å²) >= 11 is 5.77. The van der Waals surface area contributed by atoms with Crippen molar-refractivity contribution in [3.8, 4) is 0 Å². The zero-order valence-electron chi connectivity index (χ0n) is 10.1. The van der Waals surface area contributed by atoms with E-state index in [1.54, 1.807) is 0 Å². The summed E-state index contributed by atoms with van der Waals surface area (Å²) < 4.78 is 25.7. The predicted molar refractivity (Wildman–Crippen MR) is 68.7 cm³/mol. The number of nitrogens with zero attached hydrogens (tertiary/aromatic N) is 1. The SMILES string of the molecule is CC(=O)CNS(=O)(=O)c1cc(Cl)c(C)c([N+](=O)[O-])c1. The number of nitro groups is 1. The van der Waals surface area contributed by atoms with Crippen molar-refractivity contribution >= 4 is 33.1 Å². The third-order valence-corrected chi connectivity index (χ3v) is 4.08. The van der Waals surface area contributed by atoms with Crippen LogP contribution in [0.3, 0.4) is 0 Å². The van der Waals surface area contributed by atoms with E-state index in [4.69, 9.17) is 11.6 Å². The first-order chi connectivity index (χ1) is 8.65. The molecule has 0 aliphatic rings. The molecule has 1 aromatic carbocycles. The minimum Gasteiger partial charge on any atom is -0.299 e. The summed E-state index contributed by atoms with van der Waals surface area (Å²) in [5, 5.41) is 10.8. The Kier molecular flexibility index (Phi) is 4.61. The number of hydrogen-bond acceptors (Lipinski definition) is 5. The Morgan fingerprint density at radius 2 is 2.05 bits per heavy atom. The van der Waals surface area contributed by atoms with Crippen molar-refractivity contribution in [3.63, 3.8) is 0 Å². The van der Waals surface area contributed by atoms with E-state index < -0.39 is 20.6 Å². The number of carbonyl (C=O) groups is 1. The van der Waals surface area contributed by atoms with Crippen LogP contribution in [-0.4, -0.2) is 25.7 Å². The second-order valence-corrected chi connectivity index (χ2v) is 6.01. The number of nitrogens with one attached hydrogen (secondary N) is 1. The van der Waals surface area contributed by atoms with Gasteiger partial charge in [-0.25, -0.2) is 13.1 Å². The van der Waals surface area contributed by atoms with E-state index in [1.807, 2.05) is 4.72 Å². The Labute approximate surface area is 114 Å². The molecule has 0 radical (unpaired) electrons. The van der Waals surface area contributed by atoms with Gasteiger partial charge in [0.25, 0.3) is 5.69 Å². The average molecular weight is 307 g/mol. The molecular formula is C10H11ClN2O5S. The number of sulfonamides is 1. The summed E-state index contributed by atoms with van der Waals surface area (Å²) in [6.45, 7) is 2.24. The van der Waals surface area contributed by atoms with Gasteiger partial charge in [0.05, 0.1) is 21.4 Å². The van der Waals surface area contributed by atoms with Crippen molar-refractivity contribution in [2.75, 3.05) is 6.54 Å².